The number of rotatable bonds is 3. The second-order valence-electron chi connectivity index (χ2n) is 5.78. The van der Waals surface area contributed by atoms with E-state index in [2.05, 4.69) is 23.8 Å². The van der Waals surface area contributed by atoms with Crippen molar-refractivity contribution < 1.29 is 8.42 Å². The van der Waals surface area contributed by atoms with Crippen LogP contribution >= 0.6 is 0 Å². The van der Waals surface area contributed by atoms with Crippen LogP contribution in [0.2, 0.25) is 0 Å². The van der Waals surface area contributed by atoms with Gasteiger partial charge >= 0.3 is 0 Å². The van der Waals surface area contributed by atoms with Crippen molar-refractivity contribution in [3.05, 3.63) is 18.2 Å². The van der Waals surface area contributed by atoms with E-state index < -0.39 is 10.0 Å². The Morgan fingerprint density at radius 2 is 1.95 bits per heavy atom. The number of hydrogen-bond donors (Lipinski definition) is 1. The Morgan fingerprint density at radius 1 is 1.29 bits per heavy atom. The minimum absolute atomic E-state index is 0.177. The molecule has 1 saturated heterocycles. The summed E-state index contributed by atoms with van der Waals surface area (Å²) >= 11 is 0. The molecule has 2 N–H and O–H groups in total. The zero-order valence-corrected chi connectivity index (χ0v) is 13.9. The SMILES string of the molecule is CC1CN(C)CCN1c1cccc(S(=O)(=O)N(C)C)c1N. The van der Waals surface area contributed by atoms with Crippen LogP contribution in [-0.4, -0.2) is 64.4 Å². The molecule has 21 heavy (non-hydrogen) atoms. The Bertz CT molecular complexity index is 615. The Labute approximate surface area is 127 Å². The van der Waals surface area contributed by atoms with Crippen molar-refractivity contribution in [2.45, 2.75) is 17.9 Å². The number of piperazine rings is 1. The second kappa shape index (κ2) is 5.82. The minimum Gasteiger partial charge on any atom is -0.396 e. The van der Waals surface area contributed by atoms with Crippen LogP contribution in [0.1, 0.15) is 6.92 Å². The Hall–Kier alpha value is -1.31. The van der Waals surface area contributed by atoms with Crippen molar-refractivity contribution >= 4 is 21.4 Å². The van der Waals surface area contributed by atoms with Gasteiger partial charge in [-0.3, -0.25) is 0 Å². The van der Waals surface area contributed by atoms with Crippen LogP contribution < -0.4 is 10.6 Å². The topological polar surface area (TPSA) is 69.9 Å². The van der Waals surface area contributed by atoms with E-state index in [-0.39, 0.29) is 4.90 Å². The first-order valence-corrected chi connectivity index (χ1v) is 8.45. The molecule has 7 heteroatoms. The summed E-state index contributed by atoms with van der Waals surface area (Å²) in [6, 6.07) is 5.51. The molecule has 1 aromatic rings. The molecule has 1 aliphatic heterocycles. The lowest BCUT2D eigenvalue weighted by Crippen LogP contribution is -2.50. The summed E-state index contributed by atoms with van der Waals surface area (Å²) in [5.41, 5.74) is 7.31. The summed E-state index contributed by atoms with van der Waals surface area (Å²) in [4.78, 5) is 4.62. The molecule has 1 heterocycles. The van der Waals surface area contributed by atoms with E-state index in [4.69, 9.17) is 5.73 Å². The highest BCUT2D eigenvalue weighted by Gasteiger charge is 2.27. The molecule has 1 fully saturated rings. The number of nitrogens with two attached hydrogens (primary N) is 1. The van der Waals surface area contributed by atoms with Crippen molar-refractivity contribution in [2.24, 2.45) is 0 Å². The summed E-state index contributed by atoms with van der Waals surface area (Å²) in [6.45, 7) is 4.84. The Morgan fingerprint density at radius 3 is 2.52 bits per heavy atom. The molecule has 2 rings (SSSR count). The third-order valence-corrected chi connectivity index (χ3v) is 5.81. The summed E-state index contributed by atoms with van der Waals surface area (Å²) in [6.07, 6.45) is 0. The highest BCUT2D eigenvalue weighted by Crippen LogP contribution is 2.32. The van der Waals surface area contributed by atoms with Crippen LogP contribution in [0, 0.1) is 0 Å². The predicted octanol–water partition coefficient (Wildman–Crippen LogP) is 0.659. The van der Waals surface area contributed by atoms with E-state index in [1.165, 1.54) is 18.4 Å². The normalized spacial score (nSPS) is 21.0. The van der Waals surface area contributed by atoms with Crippen LogP contribution in [0.15, 0.2) is 23.1 Å². The van der Waals surface area contributed by atoms with Crippen LogP contribution in [0.25, 0.3) is 0 Å². The van der Waals surface area contributed by atoms with Gasteiger partial charge in [-0.05, 0) is 26.1 Å². The van der Waals surface area contributed by atoms with Crippen molar-refractivity contribution in [1.82, 2.24) is 9.21 Å². The van der Waals surface area contributed by atoms with Crippen LogP contribution in [0.4, 0.5) is 11.4 Å². The first-order chi connectivity index (χ1) is 9.75. The van der Waals surface area contributed by atoms with Gasteiger partial charge in [0, 0.05) is 39.8 Å². The van der Waals surface area contributed by atoms with Crippen molar-refractivity contribution in [3.8, 4) is 0 Å². The van der Waals surface area contributed by atoms with Crippen molar-refractivity contribution in [2.75, 3.05) is 51.4 Å². The van der Waals surface area contributed by atoms with Gasteiger partial charge in [0.15, 0.2) is 0 Å². The fourth-order valence-corrected chi connectivity index (χ4v) is 3.73. The van der Waals surface area contributed by atoms with Gasteiger partial charge in [0.2, 0.25) is 10.0 Å². The van der Waals surface area contributed by atoms with E-state index in [0.29, 0.717) is 11.7 Å². The maximum absolute atomic E-state index is 12.3. The summed E-state index contributed by atoms with van der Waals surface area (Å²) in [7, 11) is 1.59. The molecule has 0 radical (unpaired) electrons. The standard InChI is InChI=1S/C14H24N4O2S/c1-11-10-17(4)8-9-18(11)12-6-5-7-13(14(12)15)21(19,20)16(2)3/h5-7,11H,8-10,15H2,1-4H3. The highest BCUT2D eigenvalue weighted by molar-refractivity contribution is 7.89. The number of nitrogens with zero attached hydrogens (tertiary/aromatic N) is 3. The van der Waals surface area contributed by atoms with Gasteiger partial charge in [-0.1, -0.05) is 6.07 Å². The van der Waals surface area contributed by atoms with Crippen molar-refractivity contribution in [3.63, 3.8) is 0 Å². The molecule has 6 nitrogen and oxygen atoms in total. The number of hydrogen-bond acceptors (Lipinski definition) is 5. The second-order valence-corrected chi connectivity index (χ2v) is 7.90. The number of sulfonamides is 1. The maximum atomic E-state index is 12.3. The van der Waals surface area contributed by atoms with E-state index in [0.717, 1.165) is 25.3 Å². The molecule has 1 aromatic carbocycles. The van der Waals surface area contributed by atoms with Gasteiger partial charge in [0.25, 0.3) is 0 Å². The molecule has 0 amide bonds. The monoisotopic (exact) mass is 312 g/mol. The Balaban J connectivity index is 2.44. The number of likely N-dealkylation sites (N-methyl/N-ethyl adjacent to an activating group) is 1. The summed E-state index contributed by atoms with van der Waals surface area (Å²) in [5, 5.41) is 0. The summed E-state index contributed by atoms with van der Waals surface area (Å²) in [5.74, 6) is 0. The number of anilines is 2. The quantitative estimate of drug-likeness (QED) is 0.830. The van der Waals surface area contributed by atoms with Gasteiger partial charge in [0.1, 0.15) is 4.90 Å². The van der Waals surface area contributed by atoms with Gasteiger partial charge in [0.05, 0.1) is 11.4 Å². The van der Waals surface area contributed by atoms with Gasteiger partial charge < -0.3 is 15.5 Å². The van der Waals surface area contributed by atoms with E-state index >= 15 is 0 Å². The van der Waals surface area contributed by atoms with E-state index in [1.54, 1.807) is 12.1 Å². The predicted molar refractivity (Wildman–Crippen MR) is 86.0 cm³/mol. The number of para-hydroxylation sites is 1. The fraction of sp³-hybridized carbons (Fsp3) is 0.571. The number of benzene rings is 1. The third-order valence-electron chi connectivity index (χ3n) is 3.94. The Kier molecular flexibility index (Phi) is 4.46. The molecule has 0 bridgehead atoms. The van der Waals surface area contributed by atoms with E-state index in [1.807, 2.05) is 6.07 Å². The molecule has 0 spiro atoms. The first kappa shape index (κ1) is 16.1. The highest BCUT2D eigenvalue weighted by atomic mass is 32.2. The largest absolute Gasteiger partial charge is 0.396 e. The molecular weight excluding hydrogens is 288 g/mol. The molecule has 0 saturated carbocycles. The zero-order chi connectivity index (χ0) is 15.8. The van der Waals surface area contributed by atoms with Crippen molar-refractivity contribution in [1.29, 1.82) is 0 Å². The molecule has 0 aliphatic carbocycles. The average molecular weight is 312 g/mol. The minimum atomic E-state index is -3.53. The fourth-order valence-electron chi connectivity index (χ4n) is 2.70. The first-order valence-electron chi connectivity index (χ1n) is 7.01. The van der Waals surface area contributed by atoms with Crippen LogP contribution in [-0.2, 0) is 10.0 Å². The zero-order valence-electron chi connectivity index (χ0n) is 13.1. The molecule has 1 unspecified atom stereocenters. The molecule has 1 aliphatic rings. The lowest BCUT2D eigenvalue weighted by Gasteiger charge is -2.40. The lowest BCUT2D eigenvalue weighted by molar-refractivity contribution is 0.275. The summed E-state index contributed by atoms with van der Waals surface area (Å²) < 4.78 is 25.9. The van der Waals surface area contributed by atoms with Crippen LogP contribution in [0.3, 0.4) is 0 Å². The molecular formula is C14H24N4O2S. The molecule has 118 valence electrons. The third kappa shape index (κ3) is 3.00. The lowest BCUT2D eigenvalue weighted by atomic mass is 10.1. The molecule has 0 aromatic heterocycles. The molecule has 1 atom stereocenters. The maximum Gasteiger partial charge on any atom is 0.244 e. The van der Waals surface area contributed by atoms with E-state index in [9.17, 15) is 8.42 Å². The average Bonchev–Trinajstić information content (AvgIpc) is 2.39. The number of nitrogen functional groups attached to an aromatic ring is 1. The van der Waals surface area contributed by atoms with Gasteiger partial charge in [-0.2, -0.15) is 0 Å². The van der Waals surface area contributed by atoms with Gasteiger partial charge in [-0.15, -0.1) is 0 Å². The van der Waals surface area contributed by atoms with Gasteiger partial charge in [-0.25, -0.2) is 12.7 Å². The smallest absolute Gasteiger partial charge is 0.244 e. The van der Waals surface area contributed by atoms with Crippen LogP contribution in [0.5, 0.6) is 0 Å².